The summed E-state index contributed by atoms with van der Waals surface area (Å²) in [5.74, 6) is 6.59. The molecule has 0 radical (unpaired) electrons. The monoisotopic (exact) mass is 1810 g/mol. The first kappa shape index (κ1) is 90.4. The Kier molecular flexibility index (Phi) is 26.6. The van der Waals surface area contributed by atoms with Crippen LogP contribution in [0.25, 0.3) is 43.6 Å². The molecule has 11 aromatic rings. The average Bonchev–Trinajstić information content (AvgIpc) is 1.55. The van der Waals surface area contributed by atoms with Gasteiger partial charge in [-0.05, 0) is 257 Å². The smallest absolute Gasteiger partial charge is 0.508 e. The number of ether oxygens (including phenoxy) is 6. The lowest BCUT2D eigenvalue weighted by atomic mass is 9.65. The van der Waals surface area contributed by atoms with Crippen molar-refractivity contribution in [3.63, 3.8) is 0 Å². The molecular formula is C105H116Cl2N8O16. The van der Waals surface area contributed by atoms with Gasteiger partial charge in [-0.25, -0.2) is 47.5 Å². The molecular weight excluding hydrogens is 1700 g/mol. The number of piperidine rings is 8. The molecule has 4 N–H and O–H groups in total. The number of aromatic amines is 2. The summed E-state index contributed by atoms with van der Waals surface area (Å²) in [7, 11) is 2.48. The van der Waals surface area contributed by atoms with E-state index in [1.54, 1.807) is 136 Å². The van der Waals surface area contributed by atoms with Gasteiger partial charge in [0.05, 0.1) is 41.9 Å². The summed E-state index contributed by atoms with van der Waals surface area (Å²) in [6.45, 7) is 20.7. The predicted octanol–water partition coefficient (Wildman–Crippen LogP) is 21.4. The van der Waals surface area contributed by atoms with Gasteiger partial charge in [0.25, 0.3) is 0 Å². The number of aromatic hydroxyl groups is 2. The molecule has 8 saturated heterocycles. The molecule has 20 atom stereocenters. The number of methoxy groups -OCH3 is 2. The molecule has 16 heterocycles. The molecule has 0 spiro atoms. The second-order valence-corrected chi connectivity index (χ2v) is 38.6. The molecule has 16 bridgehead atoms. The summed E-state index contributed by atoms with van der Waals surface area (Å²) in [6, 6.07) is 50.5. The molecule has 4 aromatic heterocycles. The maximum Gasteiger partial charge on any atom is 0.513 e. The second-order valence-electron chi connectivity index (χ2n) is 38.0. The van der Waals surface area contributed by atoms with Crippen LogP contribution in [0.2, 0.25) is 0 Å². The largest absolute Gasteiger partial charge is 0.513 e. The van der Waals surface area contributed by atoms with Crippen LogP contribution >= 0.6 is 23.2 Å². The van der Waals surface area contributed by atoms with Crippen LogP contribution in [0.1, 0.15) is 210 Å². The number of fused-ring (bicyclic) bond motifs is 16. The van der Waals surface area contributed by atoms with Crippen molar-refractivity contribution < 1.29 is 77.0 Å². The van der Waals surface area contributed by atoms with Crippen LogP contribution in [-0.4, -0.2) is 187 Å². The van der Waals surface area contributed by atoms with E-state index in [-0.39, 0.29) is 17.6 Å². The number of aromatic nitrogens is 4. The van der Waals surface area contributed by atoms with Crippen LogP contribution < -0.4 is 4.74 Å². The number of nitrogens with zero attached hydrogens (tertiary/aromatic N) is 6. The summed E-state index contributed by atoms with van der Waals surface area (Å²) in [5, 5.41) is 24.5. The Labute approximate surface area is 772 Å². The first-order valence-corrected chi connectivity index (χ1v) is 47.8. The van der Waals surface area contributed by atoms with E-state index in [0.717, 1.165) is 146 Å². The number of aryl methyl sites for hydroxylation is 1. The molecule has 0 amide bonds. The van der Waals surface area contributed by atoms with Crippen molar-refractivity contribution in [3.05, 3.63) is 231 Å². The number of nitrogens with one attached hydrogen (secondary N) is 2. The molecule has 131 heavy (non-hydrogen) atoms. The Balaban J connectivity index is 0.000000112. The van der Waals surface area contributed by atoms with Crippen LogP contribution in [0.4, 0.5) is 24.0 Å². The molecule has 686 valence electrons. The van der Waals surface area contributed by atoms with Crippen molar-refractivity contribution in [2.75, 3.05) is 66.6 Å². The normalized spacial score (nSPS) is 27.5. The highest BCUT2D eigenvalue weighted by Gasteiger charge is 2.54. The number of halogens is 2. The summed E-state index contributed by atoms with van der Waals surface area (Å²) in [4.78, 5) is 113. The van der Waals surface area contributed by atoms with E-state index < -0.39 is 47.1 Å². The number of hydrogen-bond acceptors (Lipinski definition) is 20. The number of phenolic OH excluding ortho intramolecular Hbond substituents is 2. The number of carbonyl (C=O) groups excluding carboxylic acids is 8. The first-order valence-electron chi connectivity index (χ1n) is 47.0. The van der Waals surface area contributed by atoms with Crippen LogP contribution in [0.3, 0.4) is 0 Å². The van der Waals surface area contributed by atoms with E-state index in [1.807, 2.05) is 18.2 Å². The number of carbonyl (C=O) groups is 8. The highest BCUT2D eigenvalue weighted by molar-refractivity contribution is 6.62. The summed E-state index contributed by atoms with van der Waals surface area (Å²) in [5.41, 5.74) is 14.6. The fourth-order valence-corrected chi connectivity index (χ4v) is 26.0. The standard InChI is InChI=1S/C29H30N2O6.C27H28N2O4.C20H26N2.C19H24N2O.C8H5ClO3.C2H3ClO2/c1-3-18-13-17-14-23-25(18)30(16-17)12-11-21-22-15-20(36-29(34)35-2)9-10-24(22)31(26(21)23)28(33)37-27(32)19-7-5-4-6-8-19;1-2-17-12-16-13-22-24(17)28(15-16)11-10-20-21-14-19(30)8-9-23(21)29(25(20)22)27(32)33-26(31)18-6-4-3-5-7-18;1-3-14-9-13-10-17-19-15(6-7-22(11-13)20(14)17)16-8-12(2)4-5-18(16)21-19;1-2-12-7-11-8-16-18-14(5-6-21(10-11)19(12)16)15-9-13(22)3-4-17(15)20-18;9-8(11)12-7(10)6-4-2-1-3-5-6;1-5-2(3)4/h4-10,15,17-18,23,25H,3,11-14,16H2,1-2H3;3-9,14,16-17,22,24,30H,2,10-13,15H2,1H3;4-5,8,13-14,17,20-21H,3,6-7,9-11H2,1-2H3;3-4,9,11-12,16,19-20,22H,2,5-8,10H2,1H3;1-5H;1H3/t17-,18?,23+,25?;16-,17?,22+,24?;13-,14?,17-,20?;11-,12?,16-,19?;;/m0000../s1. The molecule has 12 unspecified atom stereocenters. The average molecular weight is 1820 g/mol. The SMILES string of the molecule is CCC1C[C@H]2C[C@H]3c4[nH]c5ccc(C)cc5c4CCN(C2)C13.CCC1C[C@H]2C[C@H]3c4[nH]c5ccc(O)cc5c4CCN(C2)C13.CCC1C[C@H]2C[C@H]3c4c(c5cc(O)ccc5n4C(=O)OC(=O)c4ccccc4)CCN(C2)C13.CCC1C[C@H]2C[C@H]3c4c(c5cc(OC(=O)OC)ccc5n4C(=O)OC(=O)c4ccccc4)CCN(C2)C13.COC(=O)Cl.O=C(Cl)OC(=O)c1ccccc1. The molecule has 26 heteroatoms. The van der Waals surface area contributed by atoms with Gasteiger partial charge in [0.1, 0.15) is 17.2 Å². The number of phenols is 2. The molecule has 27 rings (SSSR count). The van der Waals surface area contributed by atoms with E-state index in [9.17, 15) is 48.6 Å². The molecule has 12 fully saturated rings. The van der Waals surface area contributed by atoms with Crippen LogP contribution in [0.15, 0.2) is 164 Å². The zero-order chi connectivity index (χ0) is 91.3. The van der Waals surface area contributed by atoms with Gasteiger partial charge in [-0.1, -0.05) is 120 Å². The fourth-order valence-electron chi connectivity index (χ4n) is 26.0. The minimum atomic E-state index is -1.12. The number of rotatable bonds is 8. The minimum Gasteiger partial charge on any atom is -0.508 e. The molecule has 7 aromatic carbocycles. The number of H-pyrrole nitrogens is 2. The Morgan fingerprint density at radius 1 is 0.389 bits per heavy atom. The van der Waals surface area contributed by atoms with Crippen LogP contribution in [-0.2, 0) is 49.4 Å². The van der Waals surface area contributed by atoms with E-state index in [1.165, 1.54) is 149 Å². The quantitative estimate of drug-likeness (QED) is 0.0361. The first-order chi connectivity index (χ1) is 63.5. The van der Waals surface area contributed by atoms with Crippen molar-refractivity contribution >= 4 is 114 Å². The third-order valence-corrected chi connectivity index (χ3v) is 31.2. The maximum atomic E-state index is 13.7. The number of esters is 3. The summed E-state index contributed by atoms with van der Waals surface area (Å²) < 4.78 is 32.1. The van der Waals surface area contributed by atoms with Gasteiger partial charge < -0.3 is 48.6 Å². The van der Waals surface area contributed by atoms with Crippen molar-refractivity contribution in [1.29, 1.82) is 0 Å². The van der Waals surface area contributed by atoms with Crippen LogP contribution in [0, 0.1) is 54.3 Å². The lowest BCUT2D eigenvalue weighted by Gasteiger charge is -2.53. The third kappa shape index (κ3) is 17.9. The number of hydrogen-bond donors (Lipinski definition) is 4. The van der Waals surface area contributed by atoms with Gasteiger partial charge in [-0.2, -0.15) is 0 Å². The van der Waals surface area contributed by atoms with Crippen LogP contribution in [0.5, 0.6) is 17.2 Å². The van der Waals surface area contributed by atoms with Crippen molar-refractivity contribution in [3.8, 4) is 17.2 Å². The van der Waals surface area contributed by atoms with Gasteiger partial charge in [0, 0.05) is 179 Å². The fraction of sp³-hybridized carbons (Fsp3) is 0.448. The minimum absolute atomic E-state index is 0.159. The zero-order valence-electron chi connectivity index (χ0n) is 75.3. The second kappa shape index (κ2) is 38.6. The van der Waals surface area contributed by atoms with Gasteiger partial charge in [0.15, 0.2) is 0 Å². The van der Waals surface area contributed by atoms with E-state index in [4.69, 9.17) is 25.8 Å². The Hall–Kier alpha value is -11.1. The number of benzene rings is 7. The predicted molar refractivity (Wildman–Crippen MR) is 501 cm³/mol. The van der Waals surface area contributed by atoms with Gasteiger partial charge in [-0.15, -0.1) is 0 Å². The summed E-state index contributed by atoms with van der Waals surface area (Å²) in [6.07, 6.45) is 16.8. The molecule has 12 aliphatic heterocycles. The lowest BCUT2D eigenvalue weighted by Crippen LogP contribution is -2.56. The zero-order valence-corrected chi connectivity index (χ0v) is 76.9. The Morgan fingerprint density at radius 2 is 0.740 bits per heavy atom. The van der Waals surface area contributed by atoms with Gasteiger partial charge in [0.2, 0.25) is 0 Å². The highest BCUT2D eigenvalue weighted by atomic mass is 35.5. The molecule has 24 nitrogen and oxygen atoms in total. The van der Waals surface area contributed by atoms with Gasteiger partial charge >= 0.3 is 47.1 Å². The molecule has 4 saturated carbocycles. The third-order valence-electron chi connectivity index (χ3n) is 30.9. The molecule has 4 aliphatic carbocycles. The van der Waals surface area contributed by atoms with Gasteiger partial charge in [-0.3, -0.25) is 19.6 Å². The van der Waals surface area contributed by atoms with Crippen molar-refractivity contribution in [2.45, 2.75) is 185 Å². The Bertz CT molecular complexity index is 6020. The lowest BCUT2D eigenvalue weighted by molar-refractivity contribution is -0.0140. The van der Waals surface area contributed by atoms with E-state index >= 15 is 0 Å². The van der Waals surface area contributed by atoms with E-state index in [0.29, 0.717) is 80.9 Å². The Morgan fingerprint density at radius 3 is 1.14 bits per heavy atom. The summed E-state index contributed by atoms with van der Waals surface area (Å²) >= 11 is 9.44. The maximum absolute atomic E-state index is 13.7. The highest BCUT2D eigenvalue weighted by Crippen LogP contribution is 2.57. The van der Waals surface area contributed by atoms with E-state index in [2.05, 4.69) is 108 Å². The topological polar surface area (TPSA) is 287 Å². The molecule has 16 aliphatic rings. The van der Waals surface area contributed by atoms with Crippen molar-refractivity contribution in [2.24, 2.45) is 47.3 Å². The van der Waals surface area contributed by atoms with Crippen molar-refractivity contribution in [1.82, 2.24) is 38.7 Å².